The summed E-state index contributed by atoms with van der Waals surface area (Å²) in [6, 6.07) is 17.6. The van der Waals surface area contributed by atoms with E-state index in [1.165, 1.54) is 45.1 Å². The number of ketones is 1. The van der Waals surface area contributed by atoms with Gasteiger partial charge in [-0.3, -0.25) is 9.59 Å². The number of hydrogen-bond acceptors (Lipinski definition) is 11. The Morgan fingerprint density at radius 1 is 0.897 bits per heavy atom. The first-order valence-corrected chi connectivity index (χ1v) is 24.1. The summed E-state index contributed by atoms with van der Waals surface area (Å²) in [6.07, 6.45) is 20.4. The summed E-state index contributed by atoms with van der Waals surface area (Å²) < 4.78 is 19.2. The van der Waals surface area contributed by atoms with Gasteiger partial charge in [0.15, 0.2) is 11.5 Å². The molecule has 5 N–H and O–H groups in total. The molecule has 14 nitrogen and oxygen atoms in total. The number of amidine groups is 1. The van der Waals surface area contributed by atoms with Crippen LogP contribution in [0.15, 0.2) is 107 Å². The lowest BCUT2D eigenvalue weighted by molar-refractivity contribution is -0.401. The van der Waals surface area contributed by atoms with Gasteiger partial charge in [0.05, 0.1) is 57.0 Å². The largest absolute Gasteiger partial charge is 0.554 e. The molecule has 3 aromatic rings. The Hall–Kier alpha value is -5.93. The SMILES string of the molecule is C[N+]1=C(C=CC2=CC(=CC=C3N(CCCCCC(=O)NCCOCCOCCOCCNCc4c[nH]c5c4C(=O)CC(N)=N5)c4ccccc4C3(C)C)CCC2)C(C)(C)c2ccccc21.O=C[O-]. The Kier molecular flexibility index (Phi) is 18.8. The highest BCUT2D eigenvalue weighted by Gasteiger charge is 2.43. The van der Waals surface area contributed by atoms with Gasteiger partial charge in [-0.15, -0.1) is 0 Å². The molecule has 0 bridgehead atoms. The first-order chi connectivity index (χ1) is 32.9. The maximum absolute atomic E-state index is 12.6. The number of aromatic amines is 1. The Balaban J connectivity index is 0.00000247. The highest BCUT2D eigenvalue weighted by molar-refractivity contribution is 6.15. The number of allylic oxidation sites excluding steroid dienone is 8. The van der Waals surface area contributed by atoms with E-state index in [9.17, 15) is 9.59 Å². The van der Waals surface area contributed by atoms with Crippen LogP contribution in [0.2, 0.25) is 0 Å². The molecular weight excluding hydrogens is 859 g/mol. The molecule has 364 valence electrons. The second-order valence-electron chi connectivity index (χ2n) is 18.6. The number of para-hydroxylation sites is 2. The number of aromatic nitrogens is 1. The zero-order valence-corrected chi connectivity index (χ0v) is 40.7. The quantitative estimate of drug-likeness (QED) is 0.0450. The van der Waals surface area contributed by atoms with E-state index in [2.05, 4.69) is 144 Å². The molecule has 0 unspecified atom stereocenters. The predicted molar refractivity (Wildman–Crippen MR) is 267 cm³/mol. The van der Waals surface area contributed by atoms with Crippen molar-refractivity contribution < 1.29 is 38.3 Å². The first-order valence-electron chi connectivity index (χ1n) is 24.1. The number of H-pyrrole nitrogens is 1. The summed E-state index contributed by atoms with van der Waals surface area (Å²) >= 11 is 0. The summed E-state index contributed by atoms with van der Waals surface area (Å²) in [5.41, 5.74) is 17.8. The molecular formula is C54H71N7O7. The second kappa shape index (κ2) is 24.9. The summed E-state index contributed by atoms with van der Waals surface area (Å²) in [7, 11) is 2.18. The van der Waals surface area contributed by atoms with Gasteiger partial charge in [-0.2, -0.15) is 4.58 Å². The monoisotopic (exact) mass is 930 g/mol. The number of amides is 1. The van der Waals surface area contributed by atoms with Gasteiger partial charge in [-0.1, -0.05) is 74.9 Å². The van der Waals surface area contributed by atoms with E-state index >= 15 is 0 Å². The van der Waals surface area contributed by atoms with Gasteiger partial charge in [0.2, 0.25) is 11.6 Å². The number of anilines is 1. The highest BCUT2D eigenvalue weighted by atomic mass is 16.5. The highest BCUT2D eigenvalue weighted by Crippen LogP contribution is 2.48. The van der Waals surface area contributed by atoms with Crippen LogP contribution in [0.4, 0.5) is 17.2 Å². The van der Waals surface area contributed by atoms with E-state index in [0.29, 0.717) is 82.9 Å². The van der Waals surface area contributed by atoms with Crippen molar-refractivity contribution >= 4 is 46.9 Å². The number of rotatable bonds is 23. The number of nitrogens with one attached hydrogen (secondary N) is 3. The van der Waals surface area contributed by atoms with Crippen LogP contribution in [-0.4, -0.2) is 106 Å². The summed E-state index contributed by atoms with van der Waals surface area (Å²) in [5.74, 6) is 0.927. The van der Waals surface area contributed by atoms with E-state index in [1.807, 2.05) is 0 Å². The molecule has 7 rings (SSSR count). The fraction of sp³-hybridized carbons (Fsp3) is 0.463. The molecule has 1 amide bonds. The minimum absolute atomic E-state index is 0.00952. The van der Waals surface area contributed by atoms with Crippen LogP contribution < -0.4 is 26.4 Å². The molecule has 1 aliphatic carbocycles. The molecule has 2 aromatic carbocycles. The molecule has 14 heteroatoms. The molecule has 0 radical (unpaired) electrons. The van der Waals surface area contributed by atoms with Gasteiger partial charge in [-0.05, 0) is 80.4 Å². The summed E-state index contributed by atoms with van der Waals surface area (Å²) in [5, 5.41) is 14.5. The summed E-state index contributed by atoms with van der Waals surface area (Å²) in [6.45, 7) is 14.3. The van der Waals surface area contributed by atoms with E-state index in [0.717, 1.165) is 50.6 Å². The number of ether oxygens (including phenoxy) is 3. The van der Waals surface area contributed by atoms with E-state index in [1.54, 1.807) is 6.20 Å². The molecule has 68 heavy (non-hydrogen) atoms. The van der Waals surface area contributed by atoms with Crippen LogP contribution in [0.1, 0.15) is 106 Å². The van der Waals surface area contributed by atoms with Crippen LogP contribution in [0.5, 0.6) is 0 Å². The minimum Gasteiger partial charge on any atom is -0.554 e. The maximum Gasteiger partial charge on any atom is 0.220 e. The molecule has 0 saturated carbocycles. The number of carbonyl (C=O) groups is 3. The third kappa shape index (κ3) is 13.2. The Morgan fingerprint density at radius 2 is 1.59 bits per heavy atom. The Morgan fingerprint density at radius 3 is 2.34 bits per heavy atom. The molecule has 1 aromatic heterocycles. The van der Waals surface area contributed by atoms with E-state index in [-0.39, 0.29) is 28.9 Å². The third-order valence-corrected chi connectivity index (χ3v) is 13.1. The molecule has 4 aliphatic rings. The normalized spacial score (nSPS) is 18.0. The third-order valence-electron chi connectivity index (χ3n) is 13.1. The van der Waals surface area contributed by atoms with Crippen molar-refractivity contribution in [3.63, 3.8) is 0 Å². The lowest BCUT2D eigenvalue weighted by atomic mass is 9.81. The van der Waals surface area contributed by atoms with Crippen molar-refractivity contribution in [2.75, 3.05) is 71.2 Å². The van der Waals surface area contributed by atoms with E-state index < -0.39 is 6.47 Å². The first kappa shape index (κ1) is 51.5. The van der Waals surface area contributed by atoms with Crippen molar-refractivity contribution in [3.8, 4) is 0 Å². The number of nitrogens with two attached hydrogens (primary N) is 1. The zero-order valence-electron chi connectivity index (χ0n) is 40.7. The number of carbonyl (C=O) groups excluding carboxylic acids is 3. The predicted octanol–water partition coefficient (Wildman–Crippen LogP) is 6.75. The number of aliphatic imine (C=N–C) groups is 1. The molecule has 0 atom stereocenters. The van der Waals surface area contributed by atoms with Gasteiger partial charge < -0.3 is 50.4 Å². The van der Waals surface area contributed by atoms with Crippen molar-refractivity contribution in [3.05, 3.63) is 124 Å². The summed E-state index contributed by atoms with van der Waals surface area (Å²) in [4.78, 5) is 42.9. The average molecular weight is 930 g/mol. The number of fused-ring (bicyclic) bond motifs is 3. The lowest BCUT2D eigenvalue weighted by Gasteiger charge is -2.27. The van der Waals surface area contributed by atoms with Gasteiger partial charge in [-0.25, -0.2) is 4.99 Å². The van der Waals surface area contributed by atoms with Crippen LogP contribution in [0, 0.1) is 0 Å². The van der Waals surface area contributed by atoms with Gasteiger partial charge in [0.25, 0.3) is 0 Å². The van der Waals surface area contributed by atoms with Crippen LogP contribution in [-0.2, 0) is 41.2 Å². The minimum atomic E-state index is -0.500. The number of benzene rings is 2. The molecule has 0 spiro atoms. The second-order valence-corrected chi connectivity index (χ2v) is 18.6. The topological polar surface area (TPSA) is 186 Å². The number of unbranched alkanes of at least 4 members (excludes halogenated alkanes) is 2. The molecule has 3 aliphatic heterocycles. The van der Waals surface area contributed by atoms with Crippen molar-refractivity contribution in [2.24, 2.45) is 10.7 Å². The maximum atomic E-state index is 12.6. The number of carboxylic acid groups (broad SMARTS) is 1. The standard InChI is InChI=1S/C53H69N7O5.CH2O2/c1-52(2)41-16-8-10-18-43(41)59(5)46(52)23-21-38-14-13-15-39(34-38)22-24-47-53(3,4)42-17-9-11-19-44(42)60(47)27-12-6-7-20-49(62)56-26-29-64-31-33-65-32-30-63-28-25-55-36-40-37-57-51-50(40)45(61)35-48(54)58-51;2-1-3/h8-11,16-19,21-24,34,37,55H,6-7,12-15,20,25-33,35-36H2,1-5H3,(H3-,54,56,57,58,61,62);1H,(H,2,3). The van der Waals surface area contributed by atoms with Crippen LogP contribution in [0.3, 0.4) is 0 Å². The lowest BCUT2D eigenvalue weighted by Crippen LogP contribution is -2.28. The zero-order chi connectivity index (χ0) is 48.5. The fourth-order valence-corrected chi connectivity index (χ4v) is 9.62. The van der Waals surface area contributed by atoms with Crippen LogP contribution in [0.25, 0.3) is 0 Å². The van der Waals surface area contributed by atoms with Gasteiger partial charge in [0, 0.05) is 79.8 Å². The number of nitrogens with zero attached hydrogens (tertiary/aromatic N) is 3. The van der Waals surface area contributed by atoms with Gasteiger partial charge in [0.1, 0.15) is 18.7 Å². The molecule has 0 saturated heterocycles. The van der Waals surface area contributed by atoms with Crippen LogP contribution >= 0.6 is 0 Å². The van der Waals surface area contributed by atoms with Crippen molar-refractivity contribution in [2.45, 2.75) is 96.4 Å². The fourth-order valence-electron chi connectivity index (χ4n) is 9.62. The average Bonchev–Trinajstić information content (AvgIpc) is 3.89. The Bertz CT molecular complexity index is 2420. The van der Waals surface area contributed by atoms with Crippen molar-refractivity contribution in [1.29, 1.82) is 0 Å². The van der Waals surface area contributed by atoms with Gasteiger partial charge >= 0.3 is 0 Å². The van der Waals surface area contributed by atoms with E-state index in [4.69, 9.17) is 29.8 Å². The Labute approximate surface area is 402 Å². The smallest absolute Gasteiger partial charge is 0.220 e. The number of Topliss-reactive ketones (excluding diaryl/α,β-unsaturated/α-hetero) is 1. The van der Waals surface area contributed by atoms with Crippen molar-refractivity contribution in [1.82, 2.24) is 15.6 Å². The molecule has 4 heterocycles. The molecule has 0 fully saturated rings. The number of hydrogen-bond donors (Lipinski definition) is 4.